The molecular formula is C13H15F3N2O3S. The standard InChI is InChI=1S/C13H15F3N2O3S/c14-13(15,16)11-2-1-10(7-17-11)22(19,20)18-5-3-12(8-18)4-6-21-9-12/h1-2,7H,3-6,8-9H2. The van der Waals surface area contributed by atoms with E-state index in [2.05, 4.69) is 4.98 Å². The summed E-state index contributed by atoms with van der Waals surface area (Å²) in [6, 6.07) is 1.65. The van der Waals surface area contributed by atoms with Crippen LogP contribution >= 0.6 is 0 Å². The number of hydrogen-bond donors (Lipinski definition) is 0. The van der Waals surface area contributed by atoms with E-state index in [1.54, 1.807) is 0 Å². The molecule has 122 valence electrons. The topological polar surface area (TPSA) is 59.5 Å². The molecule has 22 heavy (non-hydrogen) atoms. The molecule has 9 heteroatoms. The molecule has 3 rings (SSSR count). The van der Waals surface area contributed by atoms with Crippen LogP contribution in [0.15, 0.2) is 23.2 Å². The second kappa shape index (κ2) is 5.17. The van der Waals surface area contributed by atoms with Crippen LogP contribution in [-0.4, -0.2) is 44.0 Å². The van der Waals surface area contributed by atoms with Crippen LogP contribution < -0.4 is 0 Å². The number of hydrogen-bond acceptors (Lipinski definition) is 4. The van der Waals surface area contributed by atoms with Crippen molar-refractivity contribution in [2.75, 3.05) is 26.3 Å². The minimum Gasteiger partial charge on any atom is -0.381 e. The molecule has 2 saturated heterocycles. The molecule has 2 aliphatic heterocycles. The zero-order valence-corrected chi connectivity index (χ0v) is 12.5. The third kappa shape index (κ3) is 2.72. The highest BCUT2D eigenvalue weighted by Gasteiger charge is 2.45. The Morgan fingerprint density at radius 1 is 1.27 bits per heavy atom. The fourth-order valence-electron chi connectivity index (χ4n) is 2.92. The van der Waals surface area contributed by atoms with Gasteiger partial charge in [0.15, 0.2) is 0 Å². The van der Waals surface area contributed by atoms with Gasteiger partial charge in [-0.25, -0.2) is 8.42 Å². The minimum atomic E-state index is -4.58. The van der Waals surface area contributed by atoms with Crippen molar-refractivity contribution in [1.82, 2.24) is 9.29 Å². The molecule has 0 saturated carbocycles. The zero-order valence-electron chi connectivity index (χ0n) is 11.6. The van der Waals surface area contributed by atoms with E-state index in [0.29, 0.717) is 38.8 Å². The number of ether oxygens (including phenoxy) is 1. The zero-order chi connectivity index (χ0) is 16.0. The minimum absolute atomic E-state index is 0.146. The summed E-state index contributed by atoms with van der Waals surface area (Å²) >= 11 is 0. The highest BCUT2D eigenvalue weighted by molar-refractivity contribution is 7.89. The first-order chi connectivity index (χ1) is 10.2. The van der Waals surface area contributed by atoms with Crippen LogP contribution in [-0.2, 0) is 20.9 Å². The lowest BCUT2D eigenvalue weighted by Crippen LogP contribution is -2.32. The first kappa shape index (κ1) is 15.7. The number of aromatic nitrogens is 1. The molecular weight excluding hydrogens is 321 g/mol. The molecule has 0 N–H and O–H groups in total. The fourth-order valence-corrected chi connectivity index (χ4v) is 4.42. The van der Waals surface area contributed by atoms with Gasteiger partial charge in [-0.2, -0.15) is 17.5 Å². The fraction of sp³-hybridized carbons (Fsp3) is 0.615. The molecule has 1 aromatic heterocycles. The molecule has 0 bridgehead atoms. The molecule has 1 atom stereocenters. The van der Waals surface area contributed by atoms with Gasteiger partial charge in [0.05, 0.1) is 6.61 Å². The van der Waals surface area contributed by atoms with Crippen molar-refractivity contribution in [2.24, 2.45) is 5.41 Å². The Hall–Kier alpha value is -1.19. The van der Waals surface area contributed by atoms with Crippen LogP contribution in [0.25, 0.3) is 0 Å². The first-order valence-corrected chi connectivity index (χ1v) is 8.28. The van der Waals surface area contributed by atoms with Gasteiger partial charge in [0, 0.05) is 31.3 Å². The molecule has 5 nitrogen and oxygen atoms in total. The average Bonchev–Trinajstić information content (AvgIpc) is 3.09. The Labute approximate surface area is 126 Å². The lowest BCUT2D eigenvalue weighted by Gasteiger charge is -2.21. The molecule has 3 heterocycles. The Morgan fingerprint density at radius 2 is 2.05 bits per heavy atom. The van der Waals surface area contributed by atoms with Gasteiger partial charge in [0.25, 0.3) is 0 Å². The van der Waals surface area contributed by atoms with Crippen molar-refractivity contribution in [3.05, 3.63) is 24.0 Å². The summed E-state index contributed by atoms with van der Waals surface area (Å²) in [5, 5.41) is 0. The van der Waals surface area contributed by atoms with Gasteiger partial charge >= 0.3 is 6.18 Å². The molecule has 2 aliphatic rings. The van der Waals surface area contributed by atoms with E-state index in [0.717, 1.165) is 18.7 Å². The third-order valence-electron chi connectivity index (χ3n) is 4.25. The number of alkyl halides is 3. The maximum absolute atomic E-state index is 12.5. The van der Waals surface area contributed by atoms with Crippen molar-refractivity contribution in [3.63, 3.8) is 0 Å². The predicted octanol–water partition coefficient (Wildman–Crippen LogP) is 1.90. The summed E-state index contributed by atoms with van der Waals surface area (Å²) in [4.78, 5) is 3.01. The highest BCUT2D eigenvalue weighted by atomic mass is 32.2. The summed E-state index contributed by atoms with van der Waals surface area (Å²) in [6.45, 7) is 1.85. The summed E-state index contributed by atoms with van der Waals surface area (Å²) < 4.78 is 69.1. The van der Waals surface area contributed by atoms with Crippen LogP contribution in [0.3, 0.4) is 0 Å². The lowest BCUT2D eigenvalue weighted by atomic mass is 9.87. The summed E-state index contributed by atoms with van der Waals surface area (Å²) in [5.41, 5.74) is -1.25. The van der Waals surface area contributed by atoms with E-state index in [9.17, 15) is 21.6 Å². The van der Waals surface area contributed by atoms with Gasteiger partial charge in [-0.05, 0) is 25.0 Å². The van der Waals surface area contributed by atoms with Crippen LogP contribution in [0.5, 0.6) is 0 Å². The Morgan fingerprint density at radius 3 is 2.59 bits per heavy atom. The van der Waals surface area contributed by atoms with Crippen molar-refractivity contribution in [3.8, 4) is 0 Å². The maximum atomic E-state index is 12.5. The monoisotopic (exact) mass is 336 g/mol. The van der Waals surface area contributed by atoms with Crippen LogP contribution in [0.2, 0.25) is 0 Å². The van der Waals surface area contributed by atoms with Crippen molar-refractivity contribution in [1.29, 1.82) is 0 Å². The van der Waals surface area contributed by atoms with Gasteiger partial charge in [-0.3, -0.25) is 4.98 Å². The molecule has 0 radical (unpaired) electrons. The van der Waals surface area contributed by atoms with Crippen molar-refractivity contribution >= 4 is 10.0 Å². The van der Waals surface area contributed by atoms with E-state index < -0.39 is 21.9 Å². The van der Waals surface area contributed by atoms with E-state index >= 15 is 0 Å². The number of pyridine rings is 1. The number of sulfonamides is 1. The van der Waals surface area contributed by atoms with Gasteiger partial charge in [0.2, 0.25) is 10.0 Å². The first-order valence-electron chi connectivity index (χ1n) is 6.84. The molecule has 0 aliphatic carbocycles. The smallest absolute Gasteiger partial charge is 0.381 e. The van der Waals surface area contributed by atoms with Crippen molar-refractivity contribution < 1.29 is 26.3 Å². The Kier molecular flexibility index (Phi) is 3.69. The molecule has 1 spiro atoms. The normalized spacial score (nSPS) is 26.9. The van der Waals surface area contributed by atoms with Gasteiger partial charge < -0.3 is 4.74 Å². The maximum Gasteiger partial charge on any atom is 0.433 e. The van der Waals surface area contributed by atoms with E-state index in [1.165, 1.54) is 4.31 Å². The largest absolute Gasteiger partial charge is 0.433 e. The lowest BCUT2D eigenvalue weighted by molar-refractivity contribution is -0.141. The average molecular weight is 336 g/mol. The third-order valence-corrected chi connectivity index (χ3v) is 6.08. The van der Waals surface area contributed by atoms with Crippen LogP contribution in [0.1, 0.15) is 18.5 Å². The van der Waals surface area contributed by atoms with Crippen molar-refractivity contribution in [2.45, 2.75) is 23.9 Å². The molecule has 1 unspecified atom stereocenters. The predicted molar refractivity (Wildman–Crippen MR) is 70.5 cm³/mol. The molecule has 0 amide bonds. The van der Waals surface area contributed by atoms with Crippen LogP contribution in [0.4, 0.5) is 13.2 Å². The van der Waals surface area contributed by atoms with Gasteiger partial charge in [-0.15, -0.1) is 0 Å². The number of halogens is 3. The summed E-state index contributed by atoms with van der Waals surface area (Å²) in [7, 11) is -3.82. The van der Waals surface area contributed by atoms with E-state index in [1.807, 2.05) is 0 Å². The highest BCUT2D eigenvalue weighted by Crippen LogP contribution is 2.40. The van der Waals surface area contributed by atoms with Gasteiger partial charge in [0.1, 0.15) is 10.6 Å². The molecule has 1 aromatic rings. The molecule has 0 aromatic carbocycles. The van der Waals surface area contributed by atoms with Gasteiger partial charge in [-0.1, -0.05) is 0 Å². The Bertz CT molecular complexity index is 652. The summed E-state index contributed by atoms with van der Waals surface area (Å²) in [6.07, 6.45) is -2.29. The SMILES string of the molecule is O=S(=O)(c1ccc(C(F)(F)F)nc1)N1CCC2(CCOC2)C1. The Balaban J connectivity index is 1.81. The van der Waals surface area contributed by atoms with E-state index in [-0.39, 0.29) is 10.3 Å². The van der Waals surface area contributed by atoms with E-state index in [4.69, 9.17) is 4.74 Å². The quantitative estimate of drug-likeness (QED) is 0.828. The molecule has 2 fully saturated rings. The number of rotatable bonds is 2. The number of nitrogens with zero attached hydrogens (tertiary/aromatic N) is 2. The second-order valence-corrected chi connectivity index (χ2v) is 7.71. The second-order valence-electron chi connectivity index (χ2n) is 5.77. The van der Waals surface area contributed by atoms with Crippen LogP contribution in [0, 0.1) is 5.41 Å². The summed E-state index contributed by atoms with van der Waals surface area (Å²) in [5.74, 6) is 0.